The van der Waals surface area contributed by atoms with Gasteiger partial charge in [0.05, 0.1) is 24.4 Å². The number of hydrogen-bond acceptors (Lipinski definition) is 4. The van der Waals surface area contributed by atoms with Crippen molar-refractivity contribution in [2.24, 2.45) is 0 Å². The number of hydrogen-bond donors (Lipinski definition) is 0. The molecule has 0 N–H and O–H groups in total. The van der Waals surface area contributed by atoms with Gasteiger partial charge in [0, 0.05) is 32.5 Å². The smallest absolute Gasteiger partial charge is 0.275 e. The second-order valence-electron chi connectivity index (χ2n) is 6.24. The first-order valence-electron chi connectivity index (χ1n) is 8.18. The van der Waals surface area contributed by atoms with E-state index in [0.717, 1.165) is 12.0 Å². The maximum absolute atomic E-state index is 13.1. The largest absolute Gasteiger partial charge is 0.383 e. The fourth-order valence-electron chi connectivity index (χ4n) is 3.18. The van der Waals surface area contributed by atoms with Crippen LogP contribution in [-0.2, 0) is 9.47 Å². The van der Waals surface area contributed by atoms with Gasteiger partial charge in [-0.15, -0.1) is 0 Å². The number of amides is 1. The van der Waals surface area contributed by atoms with Gasteiger partial charge in [0.1, 0.15) is 5.82 Å². The molecule has 0 radical (unpaired) electrons. The summed E-state index contributed by atoms with van der Waals surface area (Å²) in [5.74, 6) is -0.450. The number of aromatic nitrogens is 2. The van der Waals surface area contributed by atoms with E-state index in [1.54, 1.807) is 42.1 Å². The van der Waals surface area contributed by atoms with Gasteiger partial charge in [-0.2, -0.15) is 5.10 Å². The highest BCUT2D eigenvalue weighted by atomic mass is 19.1. The predicted molar refractivity (Wildman–Crippen MR) is 90.4 cm³/mol. The number of methoxy groups -OCH3 is 2. The van der Waals surface area contributed by atoms with Crippen molar-refractivity contribution in [2.45, 2.75) is 25.5 Å². The molecule has 0 bridgehead atoms. The quantitative estimate of drug-likeness (QED) is 0.832. The number of benzene rings is 1. The zero-order valence-corrected chi connectivity index (χ0v) is 14.6. The molecular weight excluding hydrogens is 325 g/mol. The van der Waals surface area contributed by atoms with Gasteiger partial charge in [-0.05, 0) is 37.6 Å². The molecule has 1 fully saturated rings. The first kappa shape index (κ1) is 17.6. The van der Waals surface area contributed by atoms with Gasteiger partial charge in [-0.25, -0.2) is 9.07 Å². The first-order chi connectivity index (χ1) is 12.0. The van der Waals surface area contributed by atoms with Crippen LogP contribution in [0.15, 0.2) is 30.5 Å². The highest BCUT2D eigenvalue weighted by Crippen LogP contribution is 2.24. The van der Waals surface area contributed by atoms with Gasteiger partial charge >= 0.3 is 0 Å². The van der Waals surface area contributed by atoms with Crippen LogP contribution in [0.5, 0.6) is 0 Å². The second kappa shape index (κ2) is 7.33. The third kappa shape index (κ3) is 3.57. The zero-order chi connectivity index (χ0) is 18.0. The number of carbonyl (C=O) groups is 1. The molecule has 1 saturated heterocycles. The molecule has 1 amide bonds. The van der Waals surface area contributed by atoms with Crippen molar-refractivity contribution in [1.29, 1.82) is 0 Å². The number of nitrogens with zero attached hydrogens (tertiary/aromatic N) is 3. The van der Waals surface area contributed by atoms with Crippen LogP contribution in [0.4, 0.5) is 4.39 Å². The maximum Gasteiger partial charge on any atom is 0.275 e. The summed E-state index contributed by atoms with van der Waals surface area (Å²) < 4.78 is 25.3. The summed E-state index contributed by atoms with van der Waals surface area (Å²) in [6, 6.07) is 5.96. The average Bonchev–Trinajstić information content (AvgIpc) is 3.19. The number of halogens is 1. The molecule has 1 aromatic carbocycles. The standard InChI is InChI=1S/C18H22FN3O3/c1-12-9-22(14-6-4-13(19)5-7-14)20-17(12)18(23)21-10-16(25-3)8-15(21)11-24-2/h4-7,9,15-16H,8,10-11H2,1-3H3/t15-,16+/m0/s1. The van der Waals surface area contributed by atoms with E-state index in [9.17, 15) is 9.18 Å². The molecule has 0 saturated carbocycles. The highest BCUT2D eigenvalue weighted by Gasteiger charge is 2.37. The Morgan fingerprint density at radius 3 is 2.68 bits per heavy atom. The molecule has 0 unspecified atom stereocenters. The van der Waals surface area contributed by atoms with Gasteiger partial charge in [0.15, 0.2) is 5.69 Å². The van der Waals surface area contributed by atoms with Crippen LogP contribution in [0.2, 0.25) is 0 Å². The highest BCUT2D eigenvalue weighted by molar-refractivity contribution is 5.94. The van der Waals surface area contributed by atoms with Crippen LogP contribution in [0, 0.1) is 12.7 Å². The Bertz CT molecular complexity index is 745. The predicted octanol–water partition coefficient (Wildman–Crippen LogP) is 2.20. The second-order valence-corrected chi connectivity index (χ2v) is 6.24. The van der Waals surface area contributed by atoms with Crippen molar-refractivity contribution in [3.63, 3.8) is 0 Å². The summed E-state index contributed by atoms with van der Waals surface area (Å²) in [4.78, 5) is 14.8. The van der Waals surface area contributed by atoms with Gasteiger partial charge < -0.3 is 14.4 Å². The molecule has 2 aromatic rings. The lowest BCUT2D eigenvalue weighted by Gasteiger charge is -2.23. The Kier molecular flexibility index (Phi) is 5.15. The lowest BCUT2D eigenvalue weighted by molar-refractivity contribution is 0.0605. The normalized spacial score (nSPS) is 20.2. The monoisotopic (exact) mass is 347 g/mol. The Morgan fingerprint density at radius 2 is 2.04 bits per heavy atom. The Labute approximate surface area is 146 Å². The molecule has 7 heteroatoms. The number of aryl methyl sites for hydroxylation is 1. The molecule has 3 rings (SSSR count). The van der Waals surface area contributed by atoms with Gasteiger partial charge in [0.2, 0.25) is 0 Å². The minimum atomic E-state index is -0.311. The molecule has 25 heavy (non-hydrogen) atoms. The Morgan fingerprint density at radius 1 is 1.32 bits per heavy atom. The fraction of sp³-hybridized carbons (Fsp3) is 0.444. The lowest BCUT2D eigenvalue weighted by atomic mass is 10.2. The number of ether oxygens (including phenoxy) is 2. The van der Waals surface area contributed by atoms with Crippen LogP contribution < -0.4 is 0 Å². The van der Waals surface area contributed by atoms with Crippen molar-refractivity contribution in [3.05, 3.63) is 47.5 Å². The molecule has 2 atom stereocenters. The third-order valence-corrected chi connectivity index (χ3v) is 4.52. The third-order valence-electron chi connectivity index (χ3n) is 4.52. The Hall–Kier alpha value is -2.25. The van der Waals surface area contributed by atoms with Crippen molar-refractivity contribution < 1.29 is 18.7 Å². The fourth-order valence-corrected chi connectivity index (χ4v) is 3.18. The van der Waals surface area contributed by atoms with E-state index in [0.29, 0.717) is 24.5 Å². The van der Waals surface area contributed by atoms with Crippen molar-refractivity contribution in [2.75, 3.05) is 27.4 Å². The number of likely N-dealkylation sites (tertiary alicyclic amines) is 1. The van der Waals surface area contributed by atoms with Gasteiger partial charge in [0.25, 0.3) is 5.91 Å². The summed E-state index contributed by atoms with van der Waals surface area (Å²) in [5, 5.41) is 4.42. The lowest BCUT2D eigenvalue weighted by Crippen LogP contribution is -2.39. The summed E-state index contributed by atoms with van der Waals surface area (Å²) in [6.45, 7) is 2.82. The van der Waals surface area contributed by atoms with Crippen molar-refractivity contribution >= 4 is 5.91 Å². The minimum absolute atomic E-state index is 0.00332. The van der Waals surface area contributed by atoms with E-state index < -0.39 is 0 Å². The van der Waals surface area contributed by atoms with Crippen LogP contribution in [-0.4, -0.2) is 60.1 Å². The zero-order valence-electron chi connectivity index (χ0n) is 14.6. The summed E-state index contributed by atoms with van der Waals surface area (Å²) in [5.41, 5.74) is 1.86. The summed E-state index contributed by atoms with van der Waals surface area (Å²) in [7, 11) is 3.27. The van der Waals surface area contributed by atoms with Crippen LogP contribution in [0.1, 0.15) is 22.5 Å². The maximum atomic E-state index is 13.1. The van der Waals surface area contributed by atoms with E-state index in [2.05, 4.69) is 5.10 Å². The molecule has 6 nitrogen and oxygen atoms in total. The van der Waals surface area contributed by atoms with E-state index in [-0.39, 0.29) is 23.9 Å². The molecule has 134 valence electrons. The van der Waals surface area contributed by atoms with Crippen molar-refractivity contribution in [1.82, 2.24) is 14.7 Å². The minimum Gasteiger partial charge on any atom is -0.383 e. The first-order valence-corrected chi connectivity index (χ1v) is 8.18. The molecule has 2 heterocycles. The van der Waals surface area contributed by atoms with Crippen molar-refractivity contribution in [3.8, 4) is 5.69 Å². The molecular formula is C18H22FN3O3. The van der Waals surface area contributed by atoms with E-state index >= 15 is 0 Å². The van der Waals surface area contributed by atoms with Crippen LogP contribution in [0.3, 0.4) is 0 Å². The van der Waals surface area contributed by atoms with Crippen LogP contribution in [0.25, 0.3) is 5.69 Å². The molecule has 1 aromatic heterocycles. The van der Waals surface area contributed by atoms with E-state index in [1.807, 2.05) is 6.92 Å². The van der Waals surface area contributed by atoms with Gasteiger partial charge in [-0.1, -0.05) is 0 Å². The van der Waals surface area contributed by atoms with E-state index in [4.69, 9.17) is 9.47 Å². The SMILES string of the molecule is COC[C@@H]1C[C@@H](OC)CN1C(=O)c1nn(-c2ccc(F)cc2)cc1C. The molecule has 0 aliphatic carbocycles. The number of carbonyl (C=O) groups excluding carboxylic acids is 1. The van der Waals surface area contributed by atoms with Crippen LogP contribution >= 0.6 is 0 Å². The average molecular weight is 347 g/mol. The molecule has 1 aliphatic rings. The summed E-state index contributed by atoms with van der Waals surface area (Å²) in [6.07, 6.45) is 2.52. The summed E-state index contributed by atoms with van der Waals surface area (Å²) >= 11 is 0. The topological polar surface area (TPSA) is 56.6 Å². The molecule has 0 spiro atoms. The van der Waals surface area contributed by atoms with Gasteiger partial charge in [-0.3, -0.25) is 4.79 Å². The Balaban J connectivity index is 1.85. The number of rotatable bonds is 5. The van der Waals surface area contributed by atoms with E-state index in [1.165, 1.54) is 12.1 Å². The molecule has 1 aliphatic heterocycles.